The summed E-state index contributed by atoms with van der Waals surface area (Å²) in [5.74, 6) is -0.756. The Labute approximate surface area is 69.8 Å². The van der Waals surface area contributed by atoms with Gasteiger partial charge < -0.3 is 4.74 Å². The van der Waals surface area contributed by atoms with Gasteiger partial charge in [-0.25, -0.2) is 13.2 Å². The molecule has 0 heterocycles. The summed E-state index contributed by atoms with van der Waals surface area (Å²) in [4.78, 5) is 10.3. The zero-order valence-corrected chi connectivity index (χ0v) is 6.98. The summed E-state index contributed by atoms with van der Waals surface area (Å²) in [5.41, 5.74) is 0. The number of ether oxygens (including phenoxy) is 1. The highest BCUT2D eigenvalue weighted by Crippen LogP contribution is 2.05. The number of hydrogen-bond donors (Lipinski definition) is 0. The lowest BCUT2D eigenvalue weighted by Gasteiger charge is -2.06. The second-order valence-electron chi connectivity index (χ2n) is 1.67. The van der Waals surface area contributed by atoms with Gasteiger partial charge in [0.1, 0.15) is 11.9 Å². The fraction of sp³-hybridized carbons (Fsp3) is 0.800. The van der Waals surface area contributed by atoms with Crippen molar-refractivity contribution in [2.75, 3.05) is 11.9 Å². The molecule has 0 saturated carbocycles. The first-order chi connectivity index (χ1) is 5.07. The van der Waals surface area contributed by atoms with E-state index in [-0.39, 0.29) is 5.33 Å². The third-order valence-corrected chi connectivity index (χ3v) is 1.24. The van der Waals surface area contributed by atoms with Crippen LogP contribution in [0.1, 0.15) is 0 Å². The standard InChI is InChI=1S/C5H6BrF3O2/c6-1-4(10)11-2-3(7)5(8)9/h3,5H,1-2H2. The van der Waals surface area contributed by atoms with Gasteiger partial charge in [0.25, 0.3) is 6.43 Å². The van der Waals surface area contributed by atoms with Crippen LogP contribution in [0.15, 0.2) is 0 Å². The molecule has 0 amide bonds. The van der Waals surface area contributed by atoms with E-state index in [4.69, 9.17) is 0 Å². The molecule has 0 rings (SSSR count). The maximum absolute atomic E-state index is 12.0. The molecule has 0 N–H and O–H groups in total. The van der Waals surface area contributed by atoms with E-state index in [2.05, 4.69) is 20.7 Å². The Kier molecular flexibility index (Phi) is 5.27. The molecular weight excluding hydrogens is 229 g/mol. The monoisotopic (exact) mass is 234 g/mol. The highest BCUT2D eigenvalue weighted by molar-refractivity contribution is 9.09. The van der Waals surface area contributed by atoms with Crippen molar-refractivity contribution in [1.82, 2.24) is 0 Å². The Morgan fingerprint density at radius 3 is 2.36 bits per heavy atom. The molecule has 0 aliphatic carbocycles. The average Bonchev–Trinajstić information content (AvgIpc) is 1.99. The van der Waals surface area contributed by atoms with Crippen LogP contribution in [0, 0.1) is 0 Å². The fourth-order valence-electron chi connectivity index (χ4n) is 0.284. The van der Waals surface area contributed by atoms with E-state index in [1.165, 1.54) is 0 Å². The molecule has 1 atom stereocenters. The summed E-state index contributed by atoms with van der Waals surface area (Å²) < 4.78 is 38.9. The van der Waals surface area contributed by atoms with Crippen molar-refractivity contribution in [1.29, 1.82) is 0 Å². The van der Waals surface area contributed by atoms with Gasteiger partial charge >= 0.3 is 5.97 Å². The van der Waals surface area contributed by atoms with Crippen LogP contribution in [0.5, 0.6) is 0 Å². The fourth-order valence-corrected chi connectivity index (χ4v) is 0.446. The molecule has 11 heavy (non-hydrogen) atoms. The zero-order valence-electron chi connectivity index (χ0n) is 5.40. The van der Waals surface area contributed by atoms with E-state index in [0.29, 0.717) is 0 Å². The van der Waals surface area contributed by atoms with Crippen LogP contribution < -0.4 is 0 Å². The molecule has 0 spiro atoms. The third-order valence-electron chi connectivity index (χ3n) is 0.786. The van der Waals surface area contributed by atoms with Gasteiger partial charge in [-0.05, 0) is 0 Å². The Hall–Kier alpha value is -0.260. The molecule has 6 heteroatoms. The molecule has 1 unspecified atom stereocenters. The topological polar surface area (TPSA) is 26.3 Å². The van der Waals surface area contributed by atoms with E-state index >= 15 is 0 Å². The first-order valence-corrected chi connectivity index (χ1v) is 3.84. The van der Waals surface area contributed by atoms with E-state index in [1.807, 2.05) is 0 Å². The van der Waals surface area contributed by atoms with Gasteiger partial charge in [0.05, 0.1) is 0 Å². The number of halogens is 4. The molecule has 0 aromatic heterocycles. The van der Waals surface area contributed by atoms with Crippen LogP contribution in [0.25, 0.3) is 0 Å². The summed E-state index contributed by atoms with van der Waals surface area (Å²) in [5, 5.41) is -0.122. The van der Waals surface area contributed by atoms with Gasteiger partial charge in [0.2, 0.25) is 0 Å². The van der Waals surface area contributed by atoms with Gasteiger partial charge in [-0.2, -0.15) is 0 Å². The summed E-state index contributed by atoms with van der Waals surface area (Å²) >= 11 is 2.72. The van der Waals surface area contributed by atoms with Crippen LogP contribution in [0.3, 0.4) is 0 Å². The Morgan fingerprint density at radius 2 is 2.00 bits per heavy atom. The zero-order chi connectivity index (χ0) is 8.85. The van der Waals surface area contributed by atoms with Gasteiger partial charge in [-0.1, -0.05) is 15.9 Å². The van der Waals surface area contributed by atoms with Crippen LogP contribution >= 0.6 is 15.9 Å². The van der Waals surface area contributed by atoms with E-state index in [0.717, 1.165) is 0 Å². The van der Waals surface area contributed by atoms with Crippen molar-refractivity contribution in [2.45, 2.75) is 12.6 Å². The lowest BCUT2D eigenvalue weighted by Crippen LogP contribution is -2.21. The minimum atomic E-state index is -3.10. The molecule has 0 aromatic rings. The van der Waals surface area contributed by atoms with Crippen molar-refractivity contribution in [3.63, 3.8) is 0 Å². The molecule has 2 nitrogen and oxygen atoms in total. The number of hydrogen-bond acceptors (Lipinski definition) is 2. The minimum Gasteiger partial charge on any atom is -0.462 e. The van der Waals surface area contributed by atoms with Crippen LogP contribution in [0.2, 0.25) is 0 Å². The van der Waals surface area contributed by atoms with E-state index < -0.39 is 25.2 Å². The van der Waals surface area contributed by atoms with Crippen molar-refractivity contribution in [3.05, 3.63) is 0 Å². The SMILES string of the molecule is O=C(CBr)OCC(F)C(F)F. The molecule has 0 fully saturated rings. The highest BCUT2D eigenvalue weighted by atomic mass is 79.9. The quantitative estimate of drug-likeness (QED) is 0.545. The normalized spacial score (nSPS) is 13.2. The second kappa shape index (κ2) is 5.40. The minimum absolute atomic E-state index is 0.122. The Bertz CT molecular complexity index is 131. The maximum Gasteiger partial charge on any atom is 0.316 e. The van der Waals surface area contributed by atoms with Crippen molar-refractivity contribution >= 4 is 21.9 Å². The van der Waals surface area contributed by atoms with Gasteiger partial charge in [-0.15, -0.1) is 0 Å². The number of carbonyl (C=O) groups excluding carboxylic acids is 1. The summed E-state index contributed by atoms with van der Waals surface area (Å²) in [6.45, 7) is -0.887. The molecule has 0 aliphatic heterocycles. The summed E-state index contributed by atoms with van der Waals surface area (Å²) in [6.07, 6.45) is -5.49. The van der Waals surface area contributed by atoms with Gasteiger partial charge in [0.15, 0.2) is 6.17 Å². The Balaban J connectivity index is 3.45. The molecule has 0 saturated heterocycles. The summed E-state index contributed by atoms with van der Waals surface area (Å²) in [6, 6.07) is 0. The molecule has 0 aromatic carbocycles. The van der Waals surface area contributed by atoms with Crippen molar-refractivity contribution in [2.24, 2.45) is 0 Å². The van der Waals surface area contributed by atoms with Crippen molar-refractivity contribution in [3.8, 4) is 0 Å². The highest BCUT2D eigenvalue weighted by Gasteiger charge is 2.20. The van der Waals surface area contributed by atoms with E-state index in [1.54, 1.807) is 0 Å². The average molecular weight is 235 g/mol. The van der Waals surface area contributed by atoms with Crippen molar-refractivity contribution < 1.29 is 22.7 Å². The Morgan fingerprint density at radius 1 is 1.45 bits per heavy atom. The lowest BCUT2D eigenvalue weighted by atomic mass is 10.4. The van der Waals surface area contributed by atoms with E-state index in [9.17, 15) is 18.0 Å². The number of alkyl halides is 4. The largest absolute Gasteiger partial charge is 0.462 e. The molecule has 0 bridgehead atoms. The van der Waals surface area contributed by atoms with Crippen LogP contribution in [-0.2, 0) is 9.53 Å². The van der Waals surface area contributed by atoms with Crippen LogP contribution in [-0.4, -0.2) is 30.5 Å². The maximum atomic E-state index is 12.0. The predicted molar refractivity (Wildman–Crippen MR) is 35.7 cm³/mol. The predicted octanol–water partition coefficient (Wildman–Crippen LogP) is 1.53. The molecule has 0 radical (unpaired) electrons. The van der Waals surface area contributed by atoms with Gasteiger partial charge in [0, 0.05) is 0 Å². The molecule has 66 valence electrons. The number of carbonyl (C=O) groups is 1. The summed E-state index contributed by atoms with van der Waals surface area (Å²) in [7, 11) is 0. The number of esters is 1. The molecular formula is C5H6BrF3O2. The number of rotatable bonds is 4. The van der Waals surface area contributed by atoms with Crippen LogP contribution in [0.4, 0.5) is 13.2 Å². The first kappa shape index (κ1) is 10.7. The third kappa shape index (κ3) is 5.06. The lowest BCUT2D eigenvalue weighted by molar-refractivity contribution is -0.143. The second-order valence-corrected chi connectivity index (χ2v) is 2.23. The smallest absolute Gasteiger partial charge is 0.316 e. The molecule has 0 aliphatic rings. The first-order valence-electron chi connectivity index (χ1n) is 2.71. The van der Waals surface area contributed by atoms with Gasteiger partial charge in [-0.3, -0.25) is 4.79 Å².